The quantitative estimate of drug-likeness (QED) is 0.475. The Morgan fingerprint density at radius 3 is 2.72 bits per heavy atom. The molecular weight excluding hydrogens is 489 g/mol. The number of nitrogens with zero attached hydrogens (tertiary/aromatic N) is 2. The van der Waals surface area contributed by atoms with Crippen LogP contribution in [0.5, 0.6) is 5.75 Å². The monoisotopic (exact) mass is 513 g/mol. The first kappa shape index (κ1) is 23.9. The van der Waals surface area contributed by atoms with Gasteiger partial charge in [0.15, 0.2) is 11.6 Å². The summed E-state index contributed by atoms with van der Waals surface area (Å²) in [6, 6.07) is 6.76. The molecule has 1 aromatic carbocycles. The molecule has 2 amide bonds. The van der Waals surface area contributed by atoms with Gasteiger partial charge in [-0.1, -0.05) is 17.7 Å². The van der Waals surface area contributed by atoms with Crippen molar-refractivity contribution in [3.05, 3.63) is 58.8 Å². The van der Waals surface area contributed by atoms with E-state index in [2.05, 4.69) is 20.6 Å². The van der Waals surface area contributed by atoms with Gasteiger partial charge in [-0.05, 0) is 31.0 Å². The molecule has 0 radical (unpaired) electrons. The van der Waals surface area contributed by atoms with Crippen LogP contribution in [-0.2, 0) is 10.2 Å². The number of hydrogen-bond acceptors (Lipinski definition) is 6. The third-order valence-electron chi connectivity index (χ3n) is 6.97. The molecule has 1 spiro atoms. The van der Waals surface area contributed by atoms with Crippen LogP contribution < -0.4 is 15.4 Å². The number of H-pyrrole nitrogens is 1. The van der Waals surface area contributed by atoms with Gasteiger partial charge < -0.3 is 30.0 Å². The van der Waals surface area contributed by atoms with Crippen LogP contribution in [-0.4, -0.2) is 60.7 Å². The number of benzene rings is 1. The van der Waals surface area contributed by atoms with Crippen molar-refractivity contribution in [2.45, 2.75) is 18.3 Å². The molecule has 2 aliphatic rings. The number of rotatable bonds is 4. The molecule has 4 heterocycles. The Kier molecular flexibility index (Phi) is 6.21. The predicted octanol–water partition coefficient (Wildman–Crippen LogP) is 4.46. The number of ether oxygens (including phenoxy) is 2. The summed E-state index contributed by atoms with van der Waals surface area (Å²) in [5.74, 6) is -0.425. The van der Waals surface area contributed by atoms with Crippen molar-refractivity contribution < 1.29 is 23.5 Å². The van der Waals surface area contributed by atoms with Gasteiger partial charge in [-0.25, -0.2) is 9.18 Å². The lowest BCUT2D eigenvalue weighted by molar-refractivity contribution is 0.0832. The first-order valence-electron chi connectivity index (χ1n) is 11.5. The molecule has 0 bridgehead atoms. The minimum absolute atomic E-state index is 0.262. The van der Waals surface area contributed by atoms with E-state index in [1.807, 2.05) is 0 Å². The Labute approximate surface area is 211 Å². The van der Waals surface area contributed by atoms with Crippen LogP contribution in [0.1, 0.15) is 28.9 Å². The lowest BCUT2D eigenvalue weighted by Gasteiger charge is -2.43. The molecule has 0 saturated carbocycles. The van der Waals surface area contributed by atoms with Crippen LogP contribution in [0.2, 0.25) is 5.02 Å². The molecule has 2 aliphatic heterocycles. The SMILES string of the molecule is COC(=O)N1CCC2(CC1)CNC(=O)c1c2[nH]c(-c2ccncc2F)c1Nc1cccc(Cl)c1OC. The normalized spacial score (nSPS) is 16.3. The number of piperidine rings is 1. The van der Waals surface area contributed by atoms with Crippen LogP contribution in [0.15, 0.2) is 36.7 Å². The third kappa shape index (κ3) is 3.91. The zero-order valence-electron chi connectivity index (χ0n) is 19.8. The molecule has 1 fully saturated rings. The van der Waals surface area contributed by atoms with Gasteiger partial charge in [0.2, 0.25) is 0 Å². The summed E-state index contributed by atoms with van der Waals surface area (Å²) >= 11 is 6.33. The van der Waals surface area contributed by atoms with Gasteiger partial charge in [0, 0.05) is 42.5 Å². The maximum absolute atomic E-state index is 15.0. The molecule has 3 N–H and O–H groups in total. The highest BCUT2D eigenvalue weighted by Crippen LogP contribution is 2.47. The minimum Gasteiger partial charge on any atom is -0.493 e. The van der Waals surface area contributed by atoms with E-state index in [1.165, 1.54) is 20.4 Å². The Balaban J connectivity index is 1.66. The molecule has 5 rings (SSSR count). The molecule has 2 aromatic heterocycles. The van der Waals surface area contributed by atoms with Crippen molar-refractivity contribution in [1.82, 2.24) is 20.2 Å². The average molecular weight is 514 g/mol. The Hall–Kier alpha value is -3.79. The number of carbonyl (C=O) groups is 2. The summed E-state index contributed by atoms with van der Waals surface area (Å²) in [6.45, 7) is 1.32. The molecule has 0 aliphatic carbocycles. The molecule has 188 valence electrons. The van der Waals surface area contributed by atoms with Crippen molar-refractivity contribution in [2.75, 3.05) is 39.2 Å². The van der Waals surface area contributed by atoms with Gasteiger partial charge in [0.25, 0.3) is 5.91 Å². The van der Waals surface area contributed by atoms with Crippen LogP contribution in [0.25, 0.3) is 11.3 Å². The van der Waals surface area contributed by atoms with Crippen LogP contribution >= 0.6 is 11.6 Å². The predicted molar refractivity (Wildman–Crippen MR) is 132 cm³/mol. The summed E-state index contributed by atoms with van der Waals surface area (Å²) in [5.41, 5.74) is 2.22. The highest BCUT2D eigenvalue weighted by atomic mass is 35.5. The zero-order valence-corrected chi connectivity index (χ0v) is 20.5. The van der Waals surface area contributed by atoms with Gasteiger partial charge in [-0.15, -0.1) is 0 Å². The summed E-state index contributed by atoms with van der Waals surface area (Å²) in [5, 5.41) is 6.68. The molecule has 0 unspecified atom stereocenters. The van der Waals surface area contributed by atoms with E-state index in [-0.39, 0.29) is 17.6 Å². The number of aromatic amines is 1. The van der Waals surface area contributed by atoms with Crippen molar-refractivity contribution in [1.29, 1.82) is 0 Å². The molecule has 0 atom stereocenters. The molecule has 36 heavy (non-hydrogen) atoms. The van der Waals surface area contributed by atoms with Crippen molar-refractivity contribution in [3.8, 4) is 17.0 Å². The lowest BCUT2D eigenvalue weighted by atomic mass is 9.72. The minimum atomic E-state index is -0.535. The summed E-state index contributed by atoms with van der Waals surface area (Å²) in [6.07, 6.45) is 3.42. The number of methoxy groups -OCH3 is 2. The largest absolute Gasteiger partial charge is 0.493 e. The lowest BCUT2D eigenvalue weighted by Crippen LogP contribution is -2.53. The van der Waals surface area contributed by atoms with E-state index >= 15 is 0 Å². The zero-order chi connectivity index (χ0) is 25.4. The first-order valence-corrected chi connectivity index (χ1v) is 11.8. The number of nitrogens with one attached hydrogen (secondary N) is 3. The smallest absolute Gasteiger partial charge is 0.409 e. The number of aromatic nitrogens is 2. The fraction of sp³-hybridized carbons (Fsp3) is 0.320. The van der Waals surface area contributed by atoms with E-state index in [0.29, 0.717) is 71.6 Å². The average Bonchev–Trinajstić information content (AvgIpc) is 3.27. The Morgan fingerprint density at radius 1 is 1.25 bits per heavy atom. The topological polar surface area (TPSA) is 109 Å². The third-order valence-corrected chi connectivity index (χ3v) is 7.27. The van der Waals surface area contributed by atoms with E-state index in [0.717, 1.165) is 6.20 Å². The second kappa shape index (κ2) is 9.34. The van der Waals surface area contributed by atoms with Gasteiger partial charge in [-0.3, -0.25) is 9.78 Å². The number of anilines is 2. The maximum atomic E-state index is 15.0. The Morgan fingerprint density at radius 2 is 2.03 bits per heavy atom. The van der Waals surface area contributed by atoms with Gasteiger partial charge >= 0.3 is 6.09 Å². The van der Waals surface area contributed by atoms with Gasteiger partial charge in [-0.2, -0.15) is 0 Å². The number of para-hydroxylation sites is 1. The molecule has 9 nitrogen and oxygen atoms in total. The number of halogens is 2. The summed E-state index contributed by atoms with van der Waals surface area (Å²) in [7, 11) is 2.85. The molecule has 3 aromatic rings. The van der Waals surface area contributed by atoms with E-state index in [4.69, 9.17) is 21.1 Å². The van der Waals surface area contributed by atoms with Crippen LogP contribution in [0.3, 0.4) is 0 Å². The number of amides is 2. The fourth-order valence-corrected chi connectivity index (χ4v) is 5.33. The number of likely N-dealkylation sites (tertiary alicyclic amines) is 1. The maximum Gasteiger partial charge on any atom is 0.409 e. The van der Waals surface area contributed by atoms with Gasteiger partial charge in [0.05, 0.1) is 48.1 Å². The van der Waals surface area contributed by atoms with Crippen molar-refractivity contribution >= 4 is 35.0 Å². The molecule has 11 heteroatoms. The van der Waals surface area contributed by atoms with E-state index in [1.54, 1.807) is 29.2 Å². The first-order chi connectivity index (χ1) is 17.4. The number of hydrogen-bond donors (Lipinski definition) is 3. The van der Waals surface area contributed by atoms with E-state index in [9.17, 15) is 14.0 Å². The van der Waals surface area contributed by atoms with Crippen molar-refractivity contribution in [3.63, 3.8) is 0 Å². The van der Waals surface area contributed by atoms with Gasteiger partial charge in [0.1, 0.15) is 0 Å². The highest BCUT2D eigenvalue weighted by Gasteiger charge is 2.46. The summed E-state index contributed by atoms with van der Waals surface area (Å²) < 4.78 is 25.3. The number of pyridine rings is 1. The number of carbonyl (C=O) groups excluding carboxylic acids is 2. The standard InChI is InChI=1S/C25H25ClFN5O4/c1-35-21-15(26)4-3-5-17(21)30-20-18-22(31-19(20)14-6-9-28-12-16(14)27)25(13-29-23(18)33)7-10-32(11-8-25)24(34)36-2/h3-6,9,12,30-31H,7-8,10-11,13H2,1-2H3,(H,29,33). The van der Waals surface area contributed by atoms with Crippen LogP contribution in [0.4, 0.5) is 20.6 Å². The molecule has 1 saturated heterocycles. The number of fused-ring (bicyclic) bond motifs is 2. The second-order valence-corrected chi connectivity index (χ2v) is 9.25. The second-order valence-electron chi connectivity index (χ2n) is 8.85. The Bertz CT molecular complexity index is 1340. The summed E-state index contributed by atoms with van der Waals surface area (Å²) in [4.78, 5) is 34.2. The fourth-order valence-electron chi connectivity index (χ4n) is 5.08. The molecular formula is C25H25ClFN5O4. The highest BCUT2D eigenvalue weighted by molar-refractivity contribution is 6.32. The van der Waals surface area contributed by atoms with Crippen LogP contribution in [0, 0.1) is 5.82 Å². The van der Waals surface area contributed by atoms with Crippen molar-refractivity contribution in [2.24, 2.45) is 0 Å². The van der Waals surface area contributed by atoms with E-state index < -0.39 is 11.2 Å².